The molecule has 1 aromatic heterocycles. The molecule has 0 amide bonds. The number of aryl methyl sites for hydroxylation is 1. The fourth-order valence-electron chi connectivity index (χ4n) is 3.65. The van der Waals surface area contributed by atoms with Crippen LogP contribution in [-0.2, 0) is 11.3 Å². The molecule has 5 nitrogen and oxygen atoms in total. The topological polar surface area (TPSA) is 52.0 Å². The highest BCUT2D eigenvalue weighted by Gasteiger charge is 2.38. The lowest BCUT2D eigenvalue weighted by Gasteiger charge is -2.43. The Balaban J connectivity index is 1.39. The first-order valence-electron chi connectivity index (χ1n) is 8.08. The number of rotatable bonds is 5. The van der Waals surface area contributed by atoms with Crippen molar-refractivity contribution in [1.82, 2.24) is 20.3 Å². The molecule has 1 spiro atoms. The molecule has 5 heteroatoms. The maximum absolute atomic E-state index is 6.14. The second-order valence-electron chi connectivity index (χ2n) is 6.26. The van der Waals surface area contributed by atoms with Crippen molar-refractivity contribution in [3.8, 4) is 0 Å². The van der Waals surface area contributed by atoms with Crippen LogP contribution < -0.4 is 5.32 Å². The molecule has 112 valence electrons. The molecule has 1 atom stereocenters. The largest absolute Gasteiger partial charge is 0.375 e. The van der Waals surface area contributed by atoms with E-state index in [1.165, 1.54) is 38.5 Å². The van der Waals surface area contributed by atoms with Gasteiger partial charge in [0.2, 0.25) is 0 Å². The van der Waals surface area contributed by atoms with Gasteiger partial charge < -0.3 is 10.1 Å². The van der Waals surface area contributed by atoms with Gasteiger partial charge in [0.1, 0.15) is 0 Å². The third-order valence-corrected chi connectivity index (χ3v) is 4.73. The molecule has 0 aromatic carbocycles. The van der Waals surface area contributed by atoms with Crippen molar-refractivity contribution in [3.63, 3.8) is 0 Å². The highest BCUT2D eigenvalue weighted by Crippen LogP contribution is 2.38. The Labute approximate surface area is 121 Å². The predicted octanol–water partition coefficient (Wildman–Crippen LogP) is 2.14. The van der Waals surface area contributed by atoms with E-state index in [9.17, 15) is 0 Å². The van der Waals surface area contributed by atoms with E-state index in [4.69, 9.17) is 4.74 Å². The number of hydrogen-bond acceptors (Lipinski definition) is 4. The summed E-state index contributed by atoms with van der Waals surface area (Å²) in [5.41, 5.74) is 0.208. The Morgan fingerprint density at radius 2 is 2.20 bits per heavy atom. The molecule has 0 bridgehead atoms. The summed E-state index contributed by atoms with van der Waals surface area (Å²) >= 11 is 0. The minimum absolute atomic E-state index is 0.208. The van der Waals surface area contributed by atoms with Crippen LogP contribution in [0, 0.1) is 0 Å². The Morgan fingerprint density at radius 1 is 1.30 bits per heavy atom. The van der Waals surface area contributed by atoms with E-state index in [-0.39, 0.29) is 5.60 Å². The Kier molecular flexibility index (Phi) is 4.68. The van der Waals surface area contributed by atoms with Gasteiger partial charge in [-0.2, -0.15) is 0 Å². The third-order valence-electron chi connectivity index (χ3n) is 4.73. The van der Waals surface area contributed by atoms with Gasteiger partial charge in [0, 0.05) is 25.4 Å². The van der Waals surface area contributed by atoms with E-state index < -0.39 is 0 Å². The molecule has 3 rings (SSSR count). The van der Waals surface area contributed by atoms with Crippen LogP contribution in [0.1, 0.15) is 51.4 Å². The fourth-order valence-corrected chi connectivity index (χ4v) is 3.65. The summed E-state index contributed by atoms with van der Waals surface area (Å²) in [6.07, 6.45) is 13.7. The number of hydrogen-bond donors (Lipinski definition) is 1. The number of aromatic nitrogens is 3. The van der Waals surface area contributed by atoms with Gasteiger partial charge in [0.25, 0.3) is 0 Å². The van der Waals surface area contributed by atoms with Crippen LogP contribution in [-0.4, -0.2) is 39.8 Å². The summed E-state index contributed by atoms with van der Waals surface area (Å²) in [4.78, 5) is 0. The summed E-state index contributed by atoms with van der Waals surface area (Å²) in [5, 5.41) is 11.5. The molecule has 20 heavy (non-hydrogen) atoms. The van der Waals surface area contributed by atoms with E-state index in [1.54, 1.807) is 6.20 Å². The fraction of sp³-hybridized carbons (Fsp3) is 0.867. The van der Waals surface area contributed by atoms with Crippen LogP contribution in [0.3, 0.4) is 0 Å². The third kappa shape index (κ3) is 3.58. The van der Waals surface area contributed by atoms with Crippen LogP contribution in [0.2, 0.25) is 0 Å². The Hall–Kier alpha value is -0.940. The Bertz CT molecular complexity index is 381. The van der Waals surface area contributed by atoms with Gasteiger partial charge in [-0.3, -0.25) is 4.68 Å². The van der Waals surface area contributed by atoms with Crippen molar-refractivity contribution in [2.24, 2.45) is 0 Å². The maximum atomic E-state index is 6.14. The van der Waals surface area contributed by atoms with E-state index in [0.717, 1.165) is 32.5 Å². The van der Waals surface area contributed by atoms with Crippen LogP contribution in [0.15, 0.2) is 12.4 Å². The first kappa shape index (κ1) is 14.0. The normalized spacial score (nSPS) is 25.9. The molecular weight excluding hydrogens is 252 g/mol. The number of nitrogens with one attached hydrogen (secondary N) is 1. The summed E-state index contributed by atoms with van der Waals surface area (Å²) in [6, 6.07) is 0.637. The molecule has 0 radical (unpaired) electrons. The van der Waals surface area contributed by atoms with Gasteiger partial charge in [-0.05, 0) is 38.6 Å². The van der Waals surface area contributed by atoms with Gasteiger partial charge >= 0.3 is 0 Å². The lowest BCUT2D eigenvalue weighted by atomic mass is 9.78. The van der Waals surface area contributed by atoms with Crippen molar-refractivity contribution in [2.45, 2.75) is 69.6 Å². The van der Waals surface area contributed by atoms with Crippen molar-refractivity contribution >= 4 is 0 Å². The quantitative estimate of drug-likeness (QED) is 0.838. The Morgan fingerprint density at radius 3 is 3.00 bits per heavy atom. The standard InChI is InChI=1S/C15H26N4O/c1-2-6-15(7-3-1)13-14(5-12-20-15)16-8-4-10-19-11-9-17-18-19/h9,11,14,16H,1-8,10,12-13H2. The molecule has 1 unspecified atom stereocenters. The van der Waals surface area contributed by atoms with E-state index in [0.29, 0.717) is 6.04 Å². The second kappa shape index (κ2) is 6.68. The average molecular weight is 278 g/mol. The second-order valence-corrected chi connectivity index (χ2v) is 6.26. The van der Waals surface area contributed by atoms with E-state index in [2.05, 4.69) is 15.6 Å². The van der Waals surface area contributed by atoms with Gasteiger partial charge in [-0.1, -0.05) is 24.5 Å². The monoisotopic (exact) mass is 278 g/mol. The predicted molar refractivity (Wildman–Crippen MR) is 77.4 cm³/mol. The van der Waals surface area contributed by atoms with Crippen LogP contribution in [0.5, 0.6) is 0 Å². The highest BCUT2D eigenvalue weighted by atomic mass is 16.5. The molecule has 2 fully saturated rings. The molecule has 1 saturated carbocycles. The SMILES string of the molecule is c1cn(CCCNC2CCOC3(CCCCC3)C2)nn1. The van der Waals surface area contributed by atoms with Crippen molar-refractivity contribution in [1.29, 1.82) is 0 Å². The minimum Gasteiger partial charge on any atom is -0.375 e. The smallest absolute Gasteiger partial charge is 0.0697 e. The first-order chi connectivity index (χ1) is 9.86. The van der Waals surface area contributed by atoms with E-state index in [1.807, 2.05) is 10.9 Å². The molecule has 1 N–H and O–H groups in total. The van der Waals surface area contributed by atoms with Crippen molar-refractivity contribution in [2.75, 3.05) is 13.2 Å². The van der Waals surface area contributed by atoms with Crippen LogP contribution >= 0.6 is 0 Å². The van der Waals surface area contributed by atoms with Crippen molar-refractivity contribution < 1.29 is 4.74 Å². The summed E-state index contributed by atoms with van der Waals surface area (Å²) in [7, 11) is 0. The first-order valence-corrected chi connectivity index (χ1v) is 8.08. The summed E-state index contributed by atoms with van der Waals surface area (Å²) < 4.78 is 8.04. The summed E-state index contributed by atoms with van der Waals surface area (Å²) in [6.45, 7) is 2.93. The highest BCUT2D eigenvalue weighted by molar-refractivity contribution is 4.91. The summed E-state index contributed by atoms with van der Waals surface area (Å²) in [5.74, 6) is 0. The van der Waals surface area contributed by atoms with Crippen molar-refractivity contribution in [3.05, 3.63) is 12.4 Å². The molecule has 2 heterocycles. The van der Waals surface area contributed by atoms with Gasteiger partial charge in [-0.25, -0.2) is 0 Å². The molecule has 1 saturated heterocycles. The van der Waals surface area contributed by atoms with Crippen LogP contribution in [0.4, 0.5) is 0 Å². The maximum Gasteiger partial charge on any atom is 0.0697 e. The lowest BCUT2D eigenvalue weighted by Crippen LogP contribution is -2.48. The van der Waals surface area contributed by atoms with Crippen LogP contribution in [0.25, 0.3) is 0 Å². The zero-order chi connectivity index (χ0) is 13.7. The molecule has 1 aliphatic carbocycles. The molecule has 1 aromatic rings. The lowest BCUT2D eigenvalue weighted by molar-refractivity contribution is -0.109. The molecule has 2 aliphatic rings. The van der Waals surface area contributed by atoms with Gasteiger partial charge in [-0.15, -0.1) is 5.10 Å². The zero-order valence-corrected chi connectivity index (χ0v) is 12.3. The van der Waals surface area contributed by atoms with Gasteiger partial charge in [0.15, 0.2) is 0 Å². The zero-order valence-electron chi connectivity index (χ0n) is 12.3. The minimum atomic E-state index is 0.208. The number of ether oxygens (including phenoxy) is 1. The van der Waals surface area contributed by atoms with E-state index >= 15 is 0 Å². The molecule has 1 aliphatic heterocycles. The molecular formula is C15H26N4O. The van der Waals surface area contributed by atoms with Gasteiger partial charge in [0.05, 0.1) is 11.8 Å². The number of nitrogens with zero attached hydrogens (tertiary/aromatic N) is 3. The average Bonchev–Trinajstić information content (AvgIpc) is 2.98.